The minimum Gasteiger partial charge on any atom is -0.495 e. The summed E-state index contributed by atoms with van der Waals surface area (Å²) in [4.78, 5) is 4.52. The molecule has 0 unspecified atom stereocenters. The highest BCUT2D eigenvalue weighted by atomic mass is 35.5. The van der Waals surface area contributed by atoms with E-state index in [1.54, 1.807) is 30.3 Å². The molecule has 2 aromatic carbocycles. The summed E-state index contributed by atoms with van der Waals surface area (Å²) in [6.45, 7) is 2.18. The number of halogens is 1. The van der Waals surface area contributed by atoms with Gasteiger partial charge >= 0.3 is 0 Å². The molecule has 0 saturated carbocycles. The number of ether oxygens (including phenoxy) is 1. The summed E-state index contributed by atoms with van der Waals surface area (Å²) < 4.78 is 33.5. The largest absolute Gasteiger partial charge is 0.495 e. The van der Waals surface area contributed by atoms with Crippen LogP contribution in [0.25, 0.3) is 11.3 Å². The van der Waals surface area contributed by atoms with Gasteiger partial charge in [0.25, 0.3) is 0 Å². The van der Waals surface area contributed by atoms with Crippen molar-refractivity contribution in [1.82, 2.24) is 9.71 Å². The lowest BCUT2D eigenvalue weighted by molar-refractivity contribution is 0.402. The molecule has 3 aromatic rings. The highest BCUT2D eigenvalue weighted by Gasteiger charge is 2.20. The third kappa shape index (κ3) is 4.87. The molecule has 0 fully saturated rings. The van der Waals surface area contributed by atoms with Gasteiger partial charge in [0.2, 0.25) is 10.0 Å². The van der Waals surface area contributed by atoms with Gasteiger partial charge in [-0.3, -0.25) is 0 Å². The van der Waals surface area contributed by atoms with E-state index in [4.69, 9.17) is 16.3 Å². The fourth-order valence-electron chi connectivity index (χ4n) is 2.60. The summed E-state index contributed by atoms with van der Waals surface area (Å²) in [5.41, 5.74) is 2.48. The zero-order valence-electron chi connectivity index (χ0n) is 14.9. The zero-order chi connectivity index (χ0) is 19.4. The van der Waals surface area contributed by atoms with E-state index in [2.05, 4.69) is 9.71 Å². The van der Waals surface area contributed by atoms with Gasteiger partial charge in [0, 0.05) is 22.5 Å². The molecule has 0 saturated heterocycles. The number of nitrogens with zero attached hydrogens (tertiary/aromatic N) is 1. The number of aryl methyl sites for hydroxylation is 1. The average molecular weight is 423 g/mol. The first-order valence-corrected chi connectivity index (χ1v) is 11.0. The SMILES string of the molecule is COc1ccc(-c2csc(C)n2)cc1S(=O)(=O)NCCc1ccc(Cl)cc1. The van der Waals surface area contributed by atoms with Crippen molar-refractivity contribution in [1.29, 1.82) is 0 Å². The Morgan fingerprint density at radius 1 is 1.19 bits per heavy atom. The Labute approximate surface area is 168 Å². The molecule has 0 atom stereocenters. The Morgan fingerprint density at radius 2 is 1.93 bits per heavy atom. The van der Waals surface area contributed by atoms with Crippen molar-refractivity contribution < 1.29 is 13.2 Å². The van der Waals surface area contributed by atoms with E-state index in [1.165, 1.54) is 18.4 Å². The second-order valence-electron chi connectivity index (χ2n) is 5.89. The third-order valence-corrected chi connectivity index (χ3v) is 6.49. The second-order valence-corrected chi connectivity index (χ2v) is 9.13. The van der Waals surface area contributed by atoms with E-state index in [-0.39, 0.29) is 11.4 Å². The van der Waals surface area contributed by atoms with E-state index in [0.29, 0.717) is 17.2 Å². The fourth-order valence-corrected chi connectivity index (χ4v) is 4.57. The number of benzene rings is 2. The van der Waals surface area contributed by atoms with Gasteiger partial charge in [-0.05, 0) is 49.2 Å². The normalized spacial score (nSPS) is 11.5. The summed E-state index contributed by atoms with van der Waals surface area (Å²) in [6.07, 6.45) is 0.559. The van der Waals surface area contributed by atoms with Crippen LogP contribution in [0.1, 0.15) is 10.6 Å². The average Bonchev–Trinajstić information content (AvgIpc) is 3.09. The number of sulfonamides is 1. The van der Waals surface area contributed by atoms with Crippen LogP contribution >= 0.6 is 22.9 Å². The Hall–Kier alpha value is -1.93. The van der Waals surface area contributed by atoms with Crippen LogP contribution in [0, 0.1) is 6.92 Å². The van der Waals surface area contributed by atoms with Crippen molar-refractivity contribution >= 4 is 33.0 Å². The molecule has 1 aromatic heterocycles. The first kappa shape index (κ1) is 19.8. The number of thiazole rings is 1. The second kappa shape index (κ2) is 8.39. The van der Waals surface area contributed by atoms with Crippen LogP contribution in [0.2, 0.25) is 5.02 Å². The third-order valence-electron chi connectivity index (χ3n) is 3.99. The standard InChI is InChI=1S/C19H19ClN2O3S2/c1-13-22-17(12-26-13)15-5-8-18(25-2)19(11-15)27(23,24)21-10-9-14-3-6-16(20)7-4-14/h3-8,11-12,21H,9-10H2,1-2H3. The molecule has 0 aliphatic rings. The molecule has 1 N–H and O–H groups in total. The predicted octanol–water partition coefficient (Wildman–Crippen LogP) is 4.30. The van der Waals surface area contributed by atoms with E-state index < -0.39 is 10.0 Å². The van der Waals surface area contributed by atoms with E-state index in [9.17, 15) is 8.42 Å². The number of rotatable bonds is 7. The predicted molar refractivity (Wildman–Crippen MR) is 109 cm³/mol. The first-order valence-electron chi connectivity index (χ1n) is 8.24. The van der Waals surface area contributed by atoms with Crippen LogP contribution in [0.4, 0.5) is 0 Å². The minimum absolute atomic E-state index is 0.101. The molecule has 0 aliphatic heterocycles. The Balaban J connectivity index is 1.80. The maximum atomic E-state index is 12.8. The van der Waals surface area contributed by atoms with Crippen LogP contribution < -0.4 is 9.46 Å². The summed E-state index contributed by atoms with van der Waals surface area (Å²) in [5, 5.41) is 3.48. The van der Waals surface area contributed by atoms with Gasteiger partial charge in [-0.2, -0.15) is 0 Å². The molecule has 142 valence electrons. The topological polar surface area (TPSA) is 68.3 Å². The molecule has 3 rings (SSSR count). The quantitative estimate of drug-likeness (QED) is 0.616. The van der Waals surface area contributed by atoms with E-state index in [0.717, 1.165) is 21.8 Å². The molecular formula is C19H19ClN2O3S2. The molecule has 1 heterocycles. The highest BCUT2D eigenvalue weighted by molar-refractivity contribution is 7.89. The molecular weight excluding hydrogens is 404 g/mol. The molecule has 0 amide bonds. The van der Waals surface area contributed by atoms with Crippen LogP contribution in [0.5, 0.6) is 5.75 Å². The number of aromatic nitrogens is 1. The summed E-state index contributed by atoms with van der Waals surface area (Å²) in [7, 11) is -2.28. The van der Waals surface area contributed by atoms with Crippen molar-refractivity contribution in [2.75, 3.05) is 13.7 Å². The van der Waals surface area contributed by atoms with Crippen LogP contribution in [0.15, 0.2) is 52.7 Å². The molecule has 0 bridgehead atoms. The van der Waals surface area contributed by atoms with Crippen molar-refractivity contribution in [3.05, 3.63) is 63.4 Å². The number of hydrogen-bond donors (Lipinski definition) is 1. The van der Waals surface area contributed by atoms with Crippen molar-refractivity contribution in [2.45, 2.75) is 18.2 Å². The summed E-state index contributed by atoms with van der Waals surface area (Å²) in [6, 6.07) is 12.4. The molecule has 0 aliphatic carbocycles. The Bertz CT molecular complexity index is 1030. The van der Waals surface area contributed by atoms with Gasteiger partial charge in [-0.15, -0.1) is 11.3 Å². The van der Waals surface area contributed by atoms with Crippen molar-refractivity contribution in [2.24, 2.45) is 0 Å². The van der Waals surface area contributed by atoms with Crippen LogP contribution in [0.3, 0.4) is 0 Å². The molecule has 0 spiro atoms. The lowest BCUT2D eigenvalue weighted by Crippen LogP contribution is -2.26. The van der Waals surface area contributed by atoms with Crippen molar-refractivity contribution in [3.63, 3.8) is 0 Å². The van der Waals surface area contributed by atoms with Crippen LogP contribution in [-0.4, -0.2) is 27.1 Å². The number of methoxy groups -OCH3 is 1. The summed E-state index contributed by atoms with van der Waals surface area (Å²) in [5.74, 6) is 0.296. The van der Waals surface area contributed by atoms with Gasteiger partial charge in [-0.1, -0.05) is 23.7 Å². The minimum atomic E-state index is -3.73. The zero-order valence-corrected chi connectivity index (χ0v) is 17.3. The highest BCUT2D eigenvalue weighted by Crippen LogP contribution is 2.30. The molecule has 5 nitrogen and oxygen atoms in total. The number of hydrogen-bond acceptors (Lipinski definition) is 5. The van der Waals surface area contributed by atoms with Gasteiger partial charge in [0.15, 0.2) is 0 Å². The first-order chi connectivity index (χ1) is 12.9. The maximum Gasteiger partial charge on any atom is 0.244 e. The van der Waals surface area contributed by atoms with Crippen LogP contribution in [-0.2, 0) is 16.4 Å². The Morgan fingerprint density at radius 3 is 2.56 bits per heavy atom. The van der Waals surface area contributed by atoms with Crippen molar-refractivity contribution in [3.8, 4) is 17.0 Å². The maximum absolute atomic E-state index is 12.8. The van der Waals surface area contributed by atoms with E-state index in [1.807, 2.05) is 24.4 Å². The molecule has 27 heavy (non-hydrogen) atoms. The fraction of sp³-hybridized carbons (Fsp3) is 0.211. The van der Waals surface area contributed by atoms with Gasteiger partial charge < -0.3 is 4.74 Å². The molecule has 0 radical (unpaired) electrons. The summed E-state index contributed by atoms with van der Waals surface area (Å²) >= 11 is 7.39. The lowest BCUT2D eigenvalue weighted by atomic mass is 10.2. The number of nitrogens with one attached hydrogen (secondary N) is 1. The lowest BCUT2D eigenvalue weighted by Gasteiger charge is -2.12. The Kier molecular flexibility index (Phi) is 6.16. The van der Waals surface area contributed by atoms with Gasteiger partial charge in [0.1, 0.15) is 10.6 Å². The van der Waals surface area contributed by atoms with Gasteiger partial charge in [0.05, 0.1) is 17.8 Å². The molecule has 8 heteroatoms. The van der Waals surface area contributed by atoms with E-state index >= 15 is 0 Å². The van der Waals surface area contributed by atoms with Gasteiger partial charge in [-0.25, -0.2) is 18.1 Å². The monoisotopic (exact) mass is 422 g/mol. The smallest absolute Gasteiger partial charge is 0.244 e.